The molecule has 1 N–H and O–H groups in total. The fourth-order valence-corrected chi connectivity index (χ4v) is 1.93. The van der Waals surface area contributed by atoms with Gasteiger partial charge in [0.15, 0.2) is 0 Å². The van der Waals surface area contributed by atoms with Crippen LogP contribution in [0.3, 0.4) is 0 Å². The highest BCUT2D eigenvalue weighted by Crippen LogP contribution is 2.08. The summed E-state index contributed by atoms with van der Waals surface area (Å²) < 4.78 is 0. The molecule has 0 spiro atoms. The molecule has 1 heterocycles. The molecule has 0 atom stereocenters. The van der Waals surface area contributed by atoms with Gasteiger partial charge in [-0.15, -0.1) is 0 Å². The third-order valence-electron chi connectivity index (χ3n) is 2.42. The molecule has 76 valence electrons. The summed E-state index contributed by atoms with van der Waals surface area (Å²) in [5.41, 5.74) is 0.250. The summed E-state index contributed by atoms with van der Waals surface area (Å²) in [7, 11) is 0. The third-order valence-corrected chi connectivity index (χ3v) is 2.42. The van der Waals surface area contributed by atoms with E-state index in [1.807, 2.05) is 0 Å². The second-order valence-electron chi connectivity index (χ2n) is 4.41. The van der Waals surface area contributed by atoms with Crippen molar-refractivity contribution in [2.45, 2.75) is 32.7 Å². The summed E-state index contributed by atoms with van der Waals surface area (Å²) in [6, 6.07) is 0. The Labute approximate surface area is 82.0 Å². The number of nitrogens with one attached hydrogen (secondary N) is 1. The molecule has 0 aromatic rings. The summed E-state index contributed by atoms with van der Waals surface area (Å²) in [4.78, 5) is 2.50. The number of rotatable bonds is 4. The van der Waals surface area contributed by atoms with Crippen molar-refractivity contribution in [3.05, 3.63) is 12.2 Å². The van der Waals surface area contributed by atoms with Crippen molar-refractivity contribution in [3.8, 4) is 0 Å². The molecular weight excluding hydrogens is 160 g/mol. The normalized spacial score (nSPS) is 19.3. The highest BCUT2D eigenvalue weighted by atomic mass is 15.2. The van der Waals surface area contributed by atoms with E-state index in [9.17, 15) is 0 Å². The van der Waals surface area contributed by atoms with Crippen molar-refractivity contribution in [3.63, 3.8) is 0 Å². The van der Waals surface area contributed by atoms with Crippen LogP contribution in [-0.2, 0) is 0 Å². The first-order chi connectivity index (χ1) is 6.14. The van der Waals surface area contributed by atoms with Crippen LogP contribution in [0.2, 0.25) is 0 Å². The van der Waals surface area contributed by atoms with Crippen LogP contribution in [0, 0.1) is 0 Å². The van der Waals surface area contributed by atoms with Gasteiger partial charge in [-0.25, -0.2) is 0 Å². The van der Waals surface area contributed by atoms with E-state index in [1.54, 1.807) is 0 Å². The maximum atomic E-state index is 3.50. The van der Waals surface area contributed by atoms with Crippen LogP contribution in [0.5, 0.6) is 0 Å². The van der Waals surface area contributed by atoms with Crippen LogP contribution < -0.4 is 5.32 Å². The van der Waals surface area contributed by atoms with E-state index in [0.717, 1.165) is 19.6 Å². The lowest BCUT2D eigenvalue weighted by Gasteiger charge is -2.33. The molecule has 1 aliphatic rings. The molecule has 13 heavy (non-hydrogen) atoms. The lowest BCUT2D eigenvalue weighted by atomic mass is 10.0. The van der Waals surface area contributed by atoms with E-state index in [-0.39, 0.29) is 5.54 Å². The van der Waals surface area contributed by atoms with Gasteiger partial charge < -0.3 is 5.32 Å². The zero-order chi connectivity index (χ0) is 9.73. The first-order valence-corrected chi connectivity index (χ1v) is 5.26. The molecule has 0 aromatic carbocycles. The molecule has 0 saturated heterocycles. The van der Waals surface area contributed by atoms with Gasteiger partial charge >= 0.3 is 0 Å². The Morgan fingerprint density at radius 2 is 2.15 bits per heavy atom. The average molecular weight is 182 g/mol. The number of hydrogen-bond donors (Lipinski definition) is 1. The molecule has 1 rings (SSSR count). The van der Waals surface area contributed by atoms with Crippen molar-refractivity contribution in [1.29, 1.82) is 0 Å². The fourth-order valence-electron chi connectivity index (χ4n) is 1.93. The van der Waals surface area contributed by atoms with Crippen LogP contribution in [0.4, 0.5) is 0 Å². The Morgan fingerprint density at radius 1 is 1.38 bits per heavy atom. The maximum Gasteiger partial charge on any atom is 0.0252 e. The number of nitrogens with zero attached hydrogens (tertiary/aromatic N) is 1. The summed E-state index contributed by atoms with van der Waals surface area (Å²) in [5, 5.41) is 3.50. The molecule has 0 fully saturated rings. The zero-order valence-electron chi connectivity index (χ0n) is 9.14. The zero-order valence-corrected chi connectivity index (χ0v) is 9.14. The highest BCUT2D eigenvalue weighted by molar-refractivity contribution is 4.93. The average Bonchev–Trinajstić information content (AvgIpc) is 2.04. The molecule has 0 saturated carbocycles. The minimum Gasteiger partial charge on any atom is -0.311 e. The smallest absolute Gasteiger partial charge is 0.0252 e. The summed E-state index contributed by atoms with van der Waals surface area (Å²) >= 11 is 0. The van der Waals surface area contributed by atoms with E-state index >= 15 is 0 Å². The van der Waals surface area contributed by atoms with Crippen molar-refractivity contribution in [2.24, 2.45) is 0 Å². The van der Waals surface area contributed by atoms with Gasteiger partial charge in [0.05, 0.1) is 0 Å². The van der Waals surface area contributed by atoms with Crippen molar-refractivity contribution in [1.82, 2.24) is 10.2 Å². The molecule has 0 unspecified atom stereocenters. The van der Waals surface area contributed by atoms with Gasteiger partial charge in [0.25, 0.3) is 0 Å². The monoisotopic (exact) mass is 182 g/mol. The van der Waals surface area contributed by atoms with E-state index in [4.69, 9.17) is 0 Å². The van der Waals surface area contributed by atoms with Crippen LogP contribution in [-0.4, -0.2) is 36.6 Å². The number of hydrogen-bond acceptors (Lipinski definition) is 2. The van der Waals surface area contributed by atoms with Crippen LogP contribution >= 0.6 is 0 Å². The molecule has 1 aliphatic heterocycles. The van der Waals surface area contributed by atoms with Crippen molar-refractivity contribution < 1.29 is 0 Å². The molecular formula is C11H22N2. The minimum absolute atomic E-state index is 0.250. The van der Waals surface area contributed by atoms with Gasteiger partial charge in [0.2, 0.25) is 0 Å². The lowest BCUT2D eigenvalue weighted by Crippen LogP contribution is -2.49. The second kappa shape index (κ2) is 4.77. The first kappa shape index (κ1) is 10.7. The molecule has 0 aliphatic carbocycles. The SMILES string of the molecule is CCNC(C)(C)CN1CC=CCC1. The summed E-state index contributed by atoms with van der Waals surface area (Å²) in [6.07, 6.45) is 5.75. The molecule has 2 heteroatoms. The Hall–Kier alpha value is -0.340. The summed E-state index contributed by atoms with van der Waals surface area (Å²) in [5.74, 6) is 0. The molecule has 0 amide bonds. The maximum absolute atomic E-state index is 3.50. The van der Waals surface area contributed by atoms with Gasteiger partial charge in [-0.2, -0.15) is 0 Å². The van der Waals surface area contributed by atoms with Crippen molar-refractivity contribution >= 4 is 0 Å². The molecule has 0 aromatic heterocycles. The van der Waals surface area contributed by atoms with Gasteiger partial charge in [-0.3, -0.25) is 4.90 Å². The number of likely N-dealkylation sites (N-methyl/N-ethyl adjacent to an activating group) is 1. The van der Waals surface area contributed by atoms with Gasteiger partial charge in [0, 0.05) is 25.2 Å². The quantitative estimate of drug-likeness (QED) is 0.665. The topological polar surface area (TPSA) is 15.3 Å². The Bertz CT molecular complexity index is 173. The van der Waals surface area contributed by atoms with Crippen molar-refractivity contribution in [2.75, 3.05) is 26.2 Å². The molecule has 0 bridgehead atoms. The van der Waals surface area contributed by atoms with E-state index < -0.39 is 0 Å². The fraction of sp³-hybridized carbons (Fsp3) is 0.818. The Kier molecular flexibility index (Phi) is 3.94. The standard InChI is InChI=1S/C11H22N2/c1-4-12-11(2,3)10-13-8-6-5-7-9-13/h5-6,12H,4,7-10H2,1-3H3. The van der Waals surface area contributed by atoms with Crippen LogP contribution in [0.25, 0.3) is 0 Å². The second-order valence-corrected chi connectivity index (χ2v) is 4.41. The van der Waals surface area contributed by atoms with Gasteiger partial charge in [-0.1, -0.05) is 19.1 Å². The van der Waals surface area contributed by atoms with E-state index in [1.165, 1.54) is 13.0 Å². The molecule has 2 nitrogen and oxygen atoms in total. The minimum atomic E-state index is 0.250. The predicted molar refractivity (Wildman–Crippen MR) is 58.0 cm³/mol. The van der Waals surface area contributed by atoms with E-state index in [2.05, 4.69) is 43.1 Å². The van der Waals surface area contributed by atoms with E-state index in [0.29, 0.717) is 0 Å². The highest BCUT2D eigenvalue weighted by Gasteiger charge is 2.20. The first-order valence-electron chi connectivity index (χ1n) is 5.26. The lowest BCUT2D eigenvalue weighted by molar-refractivity contribution is 0.216. The third kappa shape index (κ3) is 3.92. The Morgan fingerprint density at radius 3 is 2.69 bits per heavy atom. The van der Waals surface area contributed by atoms with Gasteiger partial charge in [-0.05, 0) is 26.8 Å². The predicted octanol–water partition coefficient (Wildman–Crippen LogP) is 1.64. The van der Waals surface area contributed by atoms with Crippen LogP contribution in [0.1, 0.15) is 27.2 Å². The largest absolute Gasteiger partial charge is 0.311 e. The summed E-state index contributed by atoms with van der Waals surface area (Å²) in [6.45, 7) is 11.2. The molecule has 0 radical (unpaired) electrons. The van der Waals surface area contributed by atoms with Gasteiger partial charge in [0.1, 0.15) is 0 Å². The van der Waals surface area contributed by atoms with Crippen LogP contribution in [0.15, 0.2) is 12.2 Å². The Balaban J connectivity index is 2.33.